The van der Waals surface area contributed by atoms with Gasteiger partial charge in [-0.05, 0) is 68.7 Å². The quantitative estimate of drug-likeness (QED) is 0.0517. The first-order valence-corrected chi connectivity index (χ1v) is 21.3. The van der Waals surface area contributed by atoms with Gasteiger partial charge in [-0.2, -0.15) is 10.2 Å². The van der Waals surface area contributed by atoms with Gasteiger partial charge >= 0.3 is 0 Å². The molecule has 60 heavy (non-hydrogen) atoms. The van der Waals surface area contributed by atoms with E-state index in [1.807, 2.05) is 78.9 Å². The van der Waals surface area contributed by atoms with Gasteiger partial charge < -0.3 is 23.5 Å². The van der Waals surface area contributed by atoms with Crippen molar-refractivity contribution < 1.29 is 28.3 Å². The highest BCUT2D eigenvalue weighted by molar-refractivity contribution is 7.47. The summed E-state index contributed by atoms with van der Waals surface area (Å²) in [6.07, 6.45) is 0.487. The lowest BCUT2D eigenvalue weighted by Crippen LogP contribution is -2.49. The minimum absolute atomic E-state index is 0.0139. The first-order chi connectivity index (χ1) is 28.9. The summed E-state index contributed by atoms with van der Waals surface area (Å²) in [4.78, 5) is 37.7. The van der Waals surface area contributed by atoms with Crippen LogP contribution in [0.25, 0.3) is 11.2 Å². The minimum atomic E-state index is -1.45. The number of fused-ring (bicyclic) bond motifs is 1. The summed E-state index contributed by atoms with van der Waals surface area (Å²) in [6, 6.07) is 28.2. The molecule has 1 unspecified atom stereocenters. The number of imidazole rings is 1. The van der Waals surface area contributed by atoms with Crippen molar-refractivity contribution in [2.24, 2.45) is 5.92 Å². The van der Waals surface area contributed by atoms with E-state index < -0.39 is 31.9 Å². The summed E-state index contributed by atoms with van der Waals surface area (Å²) in [5.74, 6) is 0.803. The standard InChI is InChI=1S/C44H55N8O7P/c1-29(2)41(53)48-43-47-40-39(42(54)49-43)46-28-51(40)38-26-50(60(58-24-12-23-45)52(30(3)4)31(5)6)25-37(59-38)27-57-44(32-13-10-9-11-14-32,33-15-19-35(55-7)20-16-33)34-17-21-36(56-8)22-18-34/h9-11,13-22,28-31,37-38H,12,24-27H2,1-8H3,(H2,47,48,49,53,54)/t37-,38+,60?/m0/s1. The number of amides is 1. The van der Waals surface area contributed by atoms with Gasteiger partial charge in [-0.25, -0.2) is 14.3 Å². The zero-order chi connectivity index (χ0) is 43.0. The van der Waals surface area contributed by atoms with E-state index in [1.165, 1.54) is 6.33 Å². The molecule has 3 aromatic carbocycles. The maximum Gasteiger partial charge on any atom is 0.280 e. The zero-order valence-electron chi connectivity index (χ0n) is 35.5. The molecule has 0 aliphatic carbocycles. The van der Waals surface area contributed by atoms with Crippen molar-refractivity contribution in [1.29, 1.82) is 5.26 Å². The number of aromatic amines is 1. The number of H-pyrrole nitrogens is 1. The van der Waals surface area contributed by atoms with Gasteiger partial charge in [0.1, 0.15) is 23.3 Å². The molecule has 318 valence electrons. The van der Waals surface area contributed by atoms with E-state index in [0.717, 1.165) is 16.7 Å². The Balaban J connectivity index is 1.47. The Bertz CT molecular complexity index is 2220. The topological polar surface area (TPSA) is 169 Å². The fourth-order valence-electron chi connectivity index (χ4n) is 7.39. The number of carbonyl (C=O) groups is 1. The smallest absolute Gasteiger partial charge is 0.280 e. The van der Waals surface area contributed by atoms with Crippen LogP contribution < -0.4 is 20.3 Å². The van der Waals surface area contributed by atoms with Crippen molar-refractivity contribution in [2.75, 3.05) is 45.8 Å². The normalized spacial score (nSPS) is 16.7. The molecule has 3 atom stereocenters. The Morgan fingerprint density at radius 3 is 2.10 bits per heavy atom. The van der Waals surface area contributed by atoms with Crippen LogP contribution in [0.4, 0.5) is 5.95 Å². The number of rotatable bonds is 18. The van der Waals surface area contributed by atoms with E-state index in [0.29, 0.717) is 24.6 Å². The molecule has 6 rings (SSSR count). The van der Waals surface area contributed by atoms with Crippen molar-refractivity contribution in [3.63, 3.8) is 0 Å². The molecule has 2 N–H and O–H groups in total. The van der Waals surface area contributed by atoms with Crippen molar-refractivity contribution >= 4 is 31.5 Å². The second kappa shape index (κ2) is 19.9. The number of hydrogen-bond acceptors (Lipinski definition) is 12. The number of benzene rings is 3. The lowest BCUT2D eigenvalue weighted by atomic mass is 9.80. The average Bonchev–Trinajstić information content (AvgIpc) is 3.68. The van der Waals surface area contributed by atoms with Gasteiger partial charge in [0, 0.05) is 24.5 Å². The van der Waals surface area contributed by atoms with Crippen LogP contribution in [0.2, 0.25) is 0 Å². The molecule has 1 fully saturated rings. The number of nitriles is 1. The molecule has 0 spiro atoms. The summed E-state index contributed by atoms with van der Waals surface area (Å²) < 4.78 is 38.4. The number of nitrogens with zero attached hydrogens (tertiary/aromatic N) is 6. The summed E-state index contributed by atoms with van der Waals surface area (Å²) in [5.41, 5.74) is 1.39. The Kier molecular flexibility index (Phi) is 14.7. The second-order valence-electron chi connectivity index (χ2n) is 15.3. The van der Waals surface area contributed by atoms with Gasteiger partial charge in [0.15, 0.2) is 19.6 Å². The lowest BCUT2D eigenvalue weighted by molar-refractivity contribution is -0.143. The number of anilines is 1. The third kappa shape index (κ3) is 9.71. The molecule has 5 aromatic rings. The Morgan fingerprint density at radius 2 is 1.55 bits per heavy atom. The first-order valence-electron chi connectivity index (χ1n) is 20.1. The van der Waals surface area contributed by atoms with Crippen LogP contribution in [-0.4, -0.2) is 93.5 Å². The van der Waals surface area contributed by atoms with Gasteiger partial charge in [-0.15, -0.1) is 0 Å². The van der Waals surface area contributed by atoms with Crippen LogP contribution in [0.3, 0.4) is 0 Å². The number of carbonyl (C=O) groups excluding carboxylic acids is 1. The number of ether oxygens (including phenoxy) is 4. The highest BCUT2D eigenvalue weighted by atomic mass is 31.2. The van der Waals surface area contributed by atoms with Crippen LogP contribution >= 0.6 is 8.45 Å². The minimum Gasteiger partial charge on any atom is -0.497 e. The SMILES string of the molecule is COc1ccc(C(OC[C@@H]2CN(P(OCCC#N)N(C(C)C)C(C)C)C[C@H](n3cnc4c(=O)[nH]c(NC(=O)C(C)C)nc43)O2)(c2ccccc2)c2ccc(OC)cc2)cc1. The van der Waals surface area contributed by atoms with E-state index in [1.54, 1.807) is 32.6 Å². The Hall–Kier alpha value is -5.20. The van der Waals surface area contributed by atoms with E-state index in [2.05, 4.69) is 63.4 Å². The number of methoxy groups -OCH3 is 2. The fourth-order valence-corrected chi connectivity index (χ4v) is 9.63. The van der Waals surface area contributed by atoms with Gasteiger partial charge in [0.2, 0.25) is 11.9 Å². The average molecular weight is 839 g/mol. The third-order valence-corrected chi connectivity index (χ3v) is 12.8. The maximum atomic E-state index is 13.3. The van der Waals surface area contributed by atoms with Crippen molar-refractivity contribution in [2.45, 2.75) is 78.0 Å². The molecule has 0 saturated carbocycles. The lowest BCUT2D eigenvalue weighted by Gasteiger charge is -2.47. The van der Waals surface area contributed by atoms with Crippen LogP contribution in [0, 0.1) is 17.2 Å². The van der Waals surface area contributed by atoms with Crippen LogP contribution in [0.5, 0.6) is 11.5 Å². The van der Waals surface area contributed by atoms with E-state index in [-0.39, 0.29) is 60.7 Å². The van der Waals surface area contributed by atoms with Crippen molar-refractivity contribution in [3.05, 3.63) is 112 Å². The second-order valence-corrected chi connectivity index (χ2v) is 17.1. The zero-order valence-corrected chi connectivity index (χ0v) is 36.4. The highest BCUT2D eigenvalue weighted by Gasteiger charge is 2.43. The summed E-state index contributed by atoms with van der Waals surface area (Å²) in [7, 11) is 1.83. The Morgan fingerprint density at radius 1 is 0.950 bits per heavy atom. The molecule has 1 aliphatic rings. The molecule has 15 nitrogen and oxygen atoms in total. The van der Waals surface area contributed by atoms with E-state index >= 15 is 0 Å². The van der Waals surface area contributed by atoms with Crippen molar-refractivity contribution in [3.8, 4) is 17.6 Å². The molecule has 0 bridgehead atoms. The largest absolute Gasteiger partial charge is 0.497 e. The number of morpholine rings is 1. The molecule has 2 aromatic heterocycles. The summed E-state index contributed by atoms with van der Waals surface area (Å²) in [6.45, 7) is 13.1. The van der Waals surface area contributed by atoms with Gasteiger partial charge in [0.25, 0.3) is 5.56 Å². The third-order valence-electron chi connectivity index (χ3n) is 10.2. The molecule has 1 amide bonds. The molecule has 16 heteroatoms. The fraction of sp³-hybridized carbons (Fsp3) is 0.432. The van der Waals surface area contributed by atoms with Crippen LogP contribution in [0.1, 0.15) is 70.9 Å². The van der Waals surface area contributed by atoms with E-state index in [9.17, 15) is 14.9 Å². The van der Waals surface area contributed by atoms with E-state index in [4.69, 9.17) is 23.5 Å². The van der Waals surface area contributed by atoms with Gasteiger partial charge in [0.05, 0.1) is 58.9 Å². The highest BCUT2D eigenvalue weighted by Crippen LogP contribution is 2.51. The maximum absolute atomic E-state index is 13.3. The predicted octanol–water partition coefficient (Wildman–Crippen LogP) is 7.22. The molecule has 0 radical (unpaired) electrons. The number of nitrogens with one attached hydrogen (secondary N) is 2. The molecule has 3 heterocycles. The summed E-state index contributed by atoms with van der Waals surface area (Å²) >= 11 is 0. The Labute approximate surface area is 352 Å². The van der Waals surface area contributed by atoms with Gasteiger partial charge in [-0.3, -0.25) is 24.5 Å². The number of hydrogen-bond donors (Lipinski definition) is 2. The van der Waals surface area contributed by atoms with Crippen LogP contribution in [0.15, 0.2) is 90.0 Å². The number of aromatic nitrogens is 4. The predicted molar refractivity (Wildman–Crippen MR) is 231 cm³/mol. The van der Waals surface area contributed by atoms with Crippen molar-refractivity contribution in [1.82, 2.24) is 28.9 Å². The molecular formula is C44H55N8O7P. The monoisotopic (exact) mass is 838 g/mol. The first kappa shape index (κ1) is 44.4. The van der Waals surface area contributed by atoms with Crippen LogP contribution in [-0.2, 0) is 24.4 Å². The molecule has 1 saturated heterocycles. The molecule has 1 aliphatic heterocycles. The van der Waals surface area contributed by atoms with Gasteiger partial charge in [-0.1, -0.05) is 68.4 Å². The molecular weight excluding hydrogens is 784 g/mol. The summed E-state index contributed by atoms with van der Waals surface area (Å²) in [5, 5.41) is 12.2.